The van der Waals surface area contributed by atoms with E-state index in [9.17, 15) is 0 Å². The molecule has 0 saturated carbocycles. The van der Waals surface area contributed by atoms with Crippen molar-refractivity contribution in [2.75, 3.05) is 45.7 Å². The highest BCUT2D eigenvalue weighted by atomic mass is 127. The van der Waals surface area contributed by atoms with E-state index in [-0.39, 0.29) is 24.0 Å². The van der Waals surface area contributed by atoms with E-state index in [0.29, 0.717) is 6.10 Å². The minimum atomic E-state index is 0. The van der Waals surface area contributed by atoms with Crippen LogP contribution in [0.25, 0.3) is 0 Å². The normalized spacial score (nSPS) is 15.5. The summed E-state index contributed by atoms with van der Waals surface area (Å²) in [5, 5.41) is 6.67. The summed E-state index contributed by atoms with van der Waals surface area (Å²) in [5.41, 5.74) is 0. The molecule has 2 N–H and O–H groups in total. The van der Waals surface area contributed by atoms with Crippen LogP contribution in [0.4, 0.5) is 0 Å². The van der Waals surface area contributed by atoms with E-state index in [1.165, 1.54) is 4.90 Å². The van der Waals surface area contributed by atoms with Crippen LogP contribution in [0.3, 0.4) is 0 Å². The lowest BCUT2D eigenvalue weighted by Crippen LogP contribution is -2.39. The number of ether oxygens (including phenoxy) is 2. The largest absolute Gasteiger partial charge is 0.381 e. The van der Waals surface area contributed by atoms with Crippen LogP contribution in [-0.2, 0) is 9.47 Å². The number of nitrogens with zero attached hydrogens (tertiary/aromatic N) is 1. The molecule has 1 heterocycles. The quantitative estimate of drug-likeness (QED) is 0.188. The summed E-state index contributed by atoms with van der Waals surface area (Å²) in [7, 11) is 1.80. The first-order valence-corrected chi connectivity index (χ1v) is 9.69. The maximum Gasteiger partial charge on any atom is 0.191 e. The SMILES string of the molecule is CN=C(NCCCOC1CCOCC1)NCCSc1ccccc1.I. The first kappa shape index (κ1) is 22.5. The highest BCUT2D eigenvalue weighted by Crippen LogP contribution is 2.15. The summed E-state index contributed by atoms with van der Waals surface area (Å²) >= 11 is 1.85. The van der Waals surface area contributed by atoms with E-state index in [0.717, 1.165) is 63.9 Å². The van der Waals surface area contributed by atoms with Gasteiger partial charge in [-0.05, 0) is 31.4 Å². The van der Waals surface area contributed by atoms with Gasteiger partial charge in [0.25, 0.3) is 0 Å². The third-order valence-electron chi connectivity index (χ3n) is 3.77. The number of thioether (sulfide) groups is 1. The van der Waals surface area contributed by atoms with Crippen molar-refractivity contribution in [1.29, 1.82) is 0 Å². The van der Waals surface area contributed by atoms with Crippen molar-refractivity contribution in [1.82, 2.24) is 10.6 Å². The van der Waals surface area contributed by atoms with Gasteiger partial charge in [-0.25, -0.2) is 0 Å². The molecule has 1 aromatic rings. The monoisotopic (exact) mass is 479 g/mol. The fourth-order valence-corrected chi connectivity index (χ4v) is 3.24. The zero-order chi connectivity index (χ0) is 16.9. The van der Waals surface area contributed by atoms with Gasteiger partial charge in [0.1, 0.15) is 0 Å². The molecule has 2 rings (SSSR count). The number of benzene rings is 1. The van der Waals surface area contributed by atoms with Crippen molar-refractivity contribution >= 4 is 41.7 Å². The van der Waals surface area contributed by atoms with Crippen molar-refractivity contribution in [3.8, 4) is 0 Å². The van der Waals surface area contributed by atoms with Gasteiger partial charge >= 0.3 is 0 Å². The van der Waals surface area contributed by atoms with Crippen LogP contribution in [0.5, 0.6) is 0 Å². The summed E-state index contributed by atoms with van der Waals surface area (Å²) in [6, 6.07) is 10.4. The van der Waals surface area contributed by atoms with E-state index >= 15 is 0 Å². The van der Waals surface area contributed by atoms with E-state index in [1.54, 1.807) is 7.05 Å². The number of halogens is 1. The zero-order valence-electron chi connectivity index (χ0n) is 14.9. The third-order valence-corrected chi connectivity index (χ3v) is 4.78. The molecule has 1 aliphatic rings. The van der Waals surface area contributed by atoms with Crippen LogP contribution in [0, 0.1) is 0 Å². The Labute approximate surface area is 172 Å². The molecule has 25 heavy (non-hydrogen) atoms. The van der Waals surface area contributed by atoms with Gasteiger partial charge in [-0.15, -0.1) is 35.7 Å². The van der Waals surface area contributed by atoms with Crippen molar-refractivity contribution in [2.45, 2.75) is 30.3 Å². The van der Waals surface area contributed by atoms with Crippen LogP contribution >= 0.6 is 35.7 Å². The van der Waals surface area contributed by atoms with Crippen molar-refractivity contribution in [2.24, 2.45) is 4.99 Å². The summed E-state index contributed by atoms with van der Waals surface area (Å²) in [4.78, 5) is 5.55. The molecular formula is C18H30IN3O2S. The molecule has 0 atom stereocenters. The minimum absolute atomic E-state index is 0. The number of guanidine groups is 1. The standard InChI is InChI=1S/C18H29N3O2S.HI/c1-19-18(21-11-15-24-17-6-3-2-4-7-17)20-10-5-12-23-16-8-13-22-14-9-16;/h2-4,6-7,16H,5,8-15H2,1H3,(H2,19,20,21);1H. The molecule has 1 aliphatic heterocycles. The van der Waals surface area contributed by atoms with Crippen LogP contribution in [0.15, 0.2) is 40.2 Å². The van der Waals surface area contributed by atoms with Gasteiger partial charge < -0.3 is 20.1 Å². The van der Waals surface area contributed by atoms with Gasteiger partial charge in [0.05, 0.1) is 6.10 Å². The molecule has 0 spiro atoms. The number of hydrogen-bond donors (Lipinski definition) is 2. The van der Waals surface area contributed by atoms with E-state index in [1.807, 2.05) is 17.8 Å². The minimum Gasteiger partial charge on any atom is -0.381 e. The summed E-state index contributed by atoms with van der Waals surface area (Å²) in [5.74, 6) is 1.87. The Morgan fingerprint density at radius 3 is 2.64 bits per heavy atom. The first-order chi connectivity index (χ1) is 11.9. The lowest BCUT2D eigenvalue weighted by atomic mass is 10.1. The fourth-order valence-electron chi connectivity index (χ4n) is 2.45. The smallest absolute Gasteiger partial charge is 0.191 e. The Bertz CT molecular complexity index is 471. The molecule has 0 aliphatic carbocycles. The third kappa shape index (κ3) is 10.3. The topological polar surface area (TPSA) is 54.9 Å². The first-order valence-electron chi connectivity index (χ1n) is 8.70. The van der Waals surface area contributed by atoms with Crippen molar-refractivity contribution < 1.29 is 9.47 Å². The number of hydrogen-bond acceptors (Lipinski definition) is 4. The Kier molecular flexibility index (Phi) is 13.2. The average Bonchev–Trinajstić information content (AvgIpc) is 2.65. The van der Waals surface area contributed by atoms with E-state index in [4.69, 9.17) is 9.47 Å². The van der Waals surface area contributed by atoms with Crippen LogP contribution < -0.4 is 10.6 Å². The van der Waals surface area contributed by atoms with Crippen LogP contribution in [-0.4, -0.2) is 57.8 Å². The number of rotatable bonds is 9. The molecule has 0 aromatic heterocycles. The Hall–Kier alpha value is -0.510. The molecule has 1 saturated heterocycles. The molecule has 142 valence electrons. The molecule has 7 heteroatoms. The van der Waals surface area contributed by atoms with E-state index in [2.05, 4.69) is 39.9 Å². The lowest BCUT2D eigenvalue weighted by molar-refractivity contribution is -0.0320. The maximum absolute atomic E-state index is 5.86. The van der Waals surface area contributed by atoms with Gasteiger partial charge in [-0.1, -0.05) is 18.2 Å². The van der Waals surface area contributed by atoms with Gasteiger partial charge in [-0.3, -0.25) is 4.99 Å². The highest BCUT2D eigenvalue weighted by molar-refractivity contribution is 14.0. The Morgan fingerprint density at radius 1 is 1.20 bits per heavy atom. The predicted molar refractivity (Wildman–Crippen MR) is 116 cm³/mol. The summed E-state index contributed by atoms with van der Waals surface area (Å²) < 4.78 is 11.2. The predicted octanol–water partition coefficient (Wildman–Crippen LogP) is 3.15. The Balaban J connectivity index is 0.00000312. The molecule has 0 amide bonds. The van der Waals surface area contributed by atoms with Crippen LogP contribution in [0.2, 0.25) is 0 Å². The van der Waals surface area contributed by atoms with Gasteiger partial charge in [0.2, 0.25) is 0 Å². The van der Waals surface area contributed by atoms with Crippen LogP contribution in [0.1, 0.15) is 19.3 Å². The number of nitrogens with one attached hydrogen (secondary N) is 2. The van der Waals surface area contributed by atoms with Gasteiger partial charge in [0, 0.05) is 50.6 Å². The molecule has 0 unspecified atom stereocenters. The molecule has 1 aromatic carbocycles. The summed E-state index contributed by atoms with van der Waals surface area (Å²) in [6.45, 7) is 4.21. The summed E-state index contributed by atoms with van der Waals surface area (Å²) in [6.07, 6.45) is 3.41. The van der Waals surface area contributed by atoms with E-state index < -0.39 is 0 Å². The molecule has 1 fully saturated rings. The second-order valence-corrected chi connectivity index (χ2v) is 6.79. The zero-order valence-corrected chi connectivity index (χ0v) is 18.1. The Morgan fingerprint density at radius 2 is 1.92 bits per heavy atom. The second kappa shape index (κ2) is 14.6. The van der Waals surface area contributed by atoms with Gasteiger partial charge in [-0.2, -0.15) is 0 Å². The van der Waals surface area contributed by atoms with Crippen molar-refractivity contribution in [3.63, 3.8) is 0 Å². The maximum atomic E-state index is 5.86. The molecular weight excluding hydrogens is 449 g/mol. The van der Waals surface area contributed by atoms with Gasteiger partial charge in [0.15, 0.2) is 5.96 Å². The lowest BCUT2D eigenvalue weighted by Gasteiger charge is -2.22. The molecule has 0 bridgehead atoms. The average molecular weight is 479 g/mol. The highest BCUT2D eigenvalue weighted by Gasteiger charge is 2.13. The second-order valence-electron chi connectivity index (χ2n) is 5.62. The molecule has 0 radical (unpaired) electrons. The fraction of sp³-hybridized carbons (Fsp3) is 0.611. The van der Waals surface area contributed by atoms with Crippen molar-refractivity contribution in [3.05, 3.63) is 30.3 Å². The molecule has 5 nitrogen and oxygen atoms in total. The number of aliphatic imine (C=N–C) groups is 1.